The predicted octanol–water partition coefficient (Wildman–Crippen LogP) is 1.59. The molecule has 2 heterocycles. The molecule has 0 saturated heterocycles. The lowest BCUT2D eigenvalue weighted by atomic mass is 10.1. The van der Waals surface area contributed by atoms with Crippen molar-refractivity contribution < 1.29 is 9.47 Å². The van der Waals surface area contributed by atoms with Gasteiger partial charge in [0.15, 0.2) is 0 Å². The van der Waals surface area contributed by atoms with E-state index in [1.54, 1.807) is 51.7 Å². The molecule has 3 aromatic rings. The van der Waals surface area contributed by atoms with Crippen LogP contribution in [0.15, 0.2) is 35.3 Å². The second-order valence-corrected chi connectivity index (χ2v) is 5.03. The molecule has 118 valence electrons. The number of aromatic nitrogens is 3. The number of anilines is 1. The van der Waals surface area contributed by atoms with Crippen molar-refractivity contribution in [2.75, 3.05) is 20.0 Å². The maximum atomic E-state index is 12.7. The van der Waals surface area contributed by atoms with Crippen molar-refractivity contribution in [2.45, 2.75) is 0 Å². The standard InChI is InChI=1S/C16H16N4O3/c1-20-14-10(8-18-16(17)19-14)6-13(15(20)21)9-4-11(22-2)7-12(5-9)23-3/h4-8H,1-3H3,(H2,17,18,19). The SMILES string of the molecule is COc1cc(OC)cc(-c2cc3cnc(N)nc3n(C)c2=O)c1. The van der Waals surface area contributed by atoms with E-state index in [0.29, 0.717) is 28.3 Å². The van der Waals surface area contributed by atoms with Crippen molar-refractivity contribution >= 4 is 17.0 Å². The van der Waals surface area contributed by atoms with E-state index in [4.69, 9.17) is 15.2 Å². The molecule has 0 radical (unpaired) electrons. The van der Waals surface area contributed by atoms with Crippen LogP contribution in [0.5, 0.6) is 11.5 Å². The first kappa shape index (κ1) is 14.8. The highest BCUT2D eigenvalue weighted by Crippen LogP contribution is 2.29. The van der Waals surface area contributed by atoms with E-state index < -0.39 is 0 Å². The van der Waals surface area contributed by atoms with E-state index in [9.17, 15) is 4.79 Å². The Bertz CT molecular complexity index is 928. The minimum absolute atomic E-state index is 0.128. The van der Waals surface area contributed by atoms with Gasteiger partial charge >= 0.3 is 0 Å². The fraction of sp³-hybridized carbons (Fsp3) is 0.188. The van der Waals surface area contributed by atoms with Crippen LogP contribution in [0.25, 0.3) is 22.2 Å². The Morgan fingerprint density at radius 3 is 2.35 bits per heavy atom. The number of rotatable bonds is 3. The maximum absolute atomic E-state index is 12.7. The smallest absolute Gasteiger partial charge is 0.259 e. The molecule has 7 heteroatoms. The van der Waals surface area contributed by atoms with Gasteiger partial charge in [-0.05, 0) is 23.8 Å². The predicted molar refractivity (Wildman–Crippen MR) is 87.7 cm³/mol. The number of pyridine rings is 1. The summed E-state index contributed by atoms with van der Waals surface area (Å²) in [4.78, 5) is 20.8. The van der Waals surface area contributed by atoms with Crippen LogP contribution in [-0.2, 0) is 7.05 Å². The highest BCUT2D eigenvalue weighted by atomic mass is 16.5. The van der Waals surface area contributed by atoms with Crippen molar-refractivity contribution in [2.24, 2.45) is 7.05 Å². The summed E-state index contributed by atoms with van der Waals surface area (Å²) in [7, 11) is 4.78. The molecule has 3 rings (SSSR count). The summed E-state index contributed by atoms with van der Waals surface area (Å²) in [5.74, 6) is 1.34. The largest absolute Gasteiger partial charge is 0.497 e. The van der Waals surface area contributed by atoms with Gasteiger partial charge in [-0.25, -0.2) is 4.98 Å². The molecular weight excluding hydrogens is 296 g/mol. The number of nitrogen functional groups attached to an aromatic ring is 1. The molecule has 2 aromatic heterocycles. The van der Waals surface area contributed by atoms with Crippen LogP contribution in [0, 0.1) is 0 Å². The zero-order valence-corrected chi connectivity index (χ0v) is 13.0. The lowest BCUT2D eigenvalue weighted by Crippen LogP contribution is -2.20. The number of aryl methyl sites for hydroxylation is 1. The fourth-order valence-electron chi connectivity index (χ4n) is 2.43. The number of nitrogens with two attached hydrogens (primary N) is 1. The van der Waals surface area contributed by atoms with Gasteiger partial charge in [0.25, 0.3) is 5.56 Å². The fourth-order valence-corrected chi connectivity index (χ4v) is 2.43. The molecule has 0 spiro atoms. The van der Waals surface area contributed by atoms with Crippen LogP contribution in [0.1, 0.15) is 0 Å². The van der Waals surface area contributed by atoms with Crippen LogP contribution in [-0.4, -0.2) is 28.8 Å². The Labute approximate surface area is 132 Å². The van der Waals surface area contributed by atoms with Gasteiger partial charge in [0, 0.05) is 30.3 Å². The Morgan fingerprint density at radius 2 is 1.74 bits per heavy atom. The minimum Gasteiger partial charge on any atom is -0.497 e. The van der Waals surface area contributed by atoms with Gasteiger partial charge < -0.3 is 15.2 Å². The maximum Gasteiger partial charge on any atom is 0.259 e. The zero-order valence-electron chi connectivity index (χ0n) is 13.0. The van der Waals surface area contributed by atoms with E-state index >= 15 is 0 Å². The third-order valence-electron chi connectivity index (χ3n) is 3.63. The highest BCUT2D eigenvalue weighted by molar-refractivity contribution is 5.81. The molecule has 0 aliphatic carbocycles. The number of hydrogen-bond acceptors (Lipinski definition) is 6. The molecule has 2 N–H and O–H groups in total. The molecule has 0 atom stereocenters. The van der Waals surface area contributed by atoms with Crippen molar-refractivity contribution in [1.29, 1.82) is 0 Å². The van der Waals surface area contributed by atoms with E-state index in [0.717, 1.165) is 5.39 Å². The lowest BCUT2D eigenvalue weighted by molar-refractivity contribution is 0.394. The first-order valence-electron chi connectivity index (χ1n) is 6.89. The number of ether oxygens (including phenoxy) is 2. The molecule has 0 bridgehead atoms. The van der Waals surface area contributed by atoms with Crippen molar-refractivity contribution in [3.8, 4) is 22.6 Å². The van der Waals surface area contributed by atoms with Gasteiger partial charge in [0.1, 0.15) is 17.1 Å². The number of benzene rings is 1. The quantitative estimate of drug-likeness (QED) is 0.789. The van der Waals surface area contributed by atoms with Gasteiger partial charge in [-0.1, -0.05) is 0 Å². The van der Waals surface area contributed by atoms with Crippen LogP contribution in [0.2, 0.25) is 0 Å². The summed E-state index contributed by atoms with van der Waals surface area (Å²) in [5.41, 5.74) is 7.10. The summed E-state index contributed by atoms with van der Waals surface area (Å²) in [6, 6.07) is 7.05. The van der Waals surface area contributed by atoms with Crippen molar-refractivity contribution in [1.82, 2.24) is 14.5 Å². The average Bonchev–Trinajstić information content (AvgIpc) is 2.58. The second-order valence-electron chi connectivity index (χ2n) is 5.03. The molecule has 23 heavy (non-hydrogen) atoms. The van der Waals surface area contributed by atoms with Gasteiger partial charge in [0.2, 0.25) is 5.95 Å². The molecule has 0 amide bonds. The molecule has 7 nitrogen and oxygen atoms in total. The minimum atomic E-state index is -0.189. The Hall–Kier alpha value is -3.09. The normalized spacial score (nSPS) is 10.7. The highest BCUT2D eigenvalue weighted by Gasteiger charge is 2.12. The van der Waals surface area contributed by atoms with E-state index in [-0.39, 0.29) is 11.5 Å². The number of methoxy groups -OCH3 is 2. The summed E-state index contributed by atoms with van der Waals surface area (Å²) in [5, 5.41) is 0.720. The molecule has 1 aromatic carbocycles. The van der Waals surface area contributed by atoms with Gasteiger partial charge in [-0.2, -0.15) is 4.98 Å². The monoisotopic (exact) mass is 312 g/mol. The van der Waals surface area contributed by atoms with Crippen LogP contribution < -0.4 is 20.8 Å². The van der Waals surface area contributed by atoms with Gasteiger partial charge in [-0.3, -0.25) is 9.36 Å². The first-order chi connectivity index (χ1) is 11.0. The van der Waals surface area contributed by atoms with Gasteiger partial charge in [0.05, 0.1) is 14.2 Å². The molecule has 0 aliphatic heterocycles. The number of hydrogen-bond donors (Lipinski definition) is 1. The van der Waals surface area contributed by atoms with Crippen LogP contribution in [0.3, 0.4) is 0 Å². The van der Waals surface area contributed by atoms with Crippen LogP contribution in [0.4, 0.5) is 5.95 Å². The molecule has 0 aliphatic rings. The second kappa shape index (κ2) is 5.60. The summed E-state index contributed by atoms with van der Waals surface area (Å²) in [6.07, 6.45) is 1.60. The topological polar surface area (TPSA) is 92.3 Å². The zero-order chi connectivity index (χ0) is 16.6. The molecule has 0 fully saturated rings. The van der Waals surface area contributed by atoms with E-state index in [2.05, 4.69) is 9.97 Å². The lowest BCUT2D eigenvalue weighted by Gasteiger charge is -2.11. The third kappa shape index (κ3) is 2.57. The Morgan fingerprint density at radius 1 is 1.09 bits per heavy atom. The third-order valence-corrected chi connectivity index (χ3v) is 3.63. The Kier molecular flexibility index (Phi) is 3.61. The Balaban J connectivity index is 2.30. The number of nitrogens with zero attached hydrogens (tertiary/aromatic N) is 3. The average molecular weight is 312 g/mol. The van der Waals surface area contributed by atoms with Crippen molar-refractivity contribution in [3.63, 3.8) is 0 Å². The summed E-state index contributed by atoms with van der Waals surface area (Å²) >= 11 is 0. The van der Waals surface area contributed by atoms with Crippen LogP contribution >= 0.6 is 0 Å². The number of fused-ring (bicyclic) bond motifs is 1. The van der Waals surface area contributed by atoms with E-state index in [1.807, 2.05) is 0 Å². The van der Waals surface area contributed by atoms with Crippen molar-refractivity contribution in [3.05, 3.63) is 40.8 Å². The van der Waals surface area contributed by atoms with Gasteiger partial charge in [-0.15, -0.1) is 0 Å². The summed E-state index contributed by atoms with van der Waals surface area (Å²) < 4.78 is 12.0. The first-order valence-corrected chi connectivity index (χ1v) is 6.89. The summed E-state index contributed by atoms with van der Waals surface area (Å²) in [6.45, 7) is 0. The van der Waals surface area contributed by atoms with E-state index in [1.165, 1.54) is 4.57 Å². The molecule has 0 saturated carbocycles. The molecular formula is C16H16N4O3. The molecule has 0 unspecified atom stereocenters.